The van der Waals surface area contributed by atoms with Crippen molar-refractivity contribution in [3.8, 4) is 0 Å². The number of primary amides is 1. The van der Waals surface area contributed by atoms with E-state index in [9.17, 15) is 4.79 Å². The SMILES string of the molecule is CC/C=C\C1=C(C)CCN(C(N)=O)[C@H]1C. The molecule has 1 aliphatic rings. The quantitative estimate of drug-likeness (QED) is 0.744. The van der Waals surface area contributed by atoms with Gasteiger partial charge in [-0.3, -0.25) is 0 Å². The van der Waals surface area contributed by atoms with Gasteiger partial charge in [0, 0.05) is 6.54 Å². The van der Waals surface area contributed by atoms with Gasteiger partial charge in [-0.05, 0) is 32.3 Å². The summed E-state index contributed by atoms with van der Waals surface area (Å²) in [5.74, 6) is 0. The zero-order valence-electron chi connectivity index (χ0n) is 9.79. The van der Waals surface area contributed by atoms with E-state index in [1.807, 2.05) is 6.92 Å². The van der Waals surface area contributed by atoms with Crippen molar-refractivity contribution in [2.24, 2.45) is 5.73 Å². The van der Waals surface area contributed by atoms with Crippen LogP contribution in [0.2, 0.25) is 0 Å². The molecule has 3 nitrogen and oxygen atoms in total. The van der Waals surface area contributed by atoms with Gasteiger partial charge in [-0.15, -0.1) is 0 Å². The summed E-state index contributed by atoms with van der Waals surface area (Å²) in [4.78, 5) is 12.9. The fourth-order valence-corrected chi connectivity index (χ4v) is 1.98. The minimum atomic E-state index is -0.322. The van der Waals surface area contributed by atoms with Crippen LogP contribution in [0, 0.1) is 0 Å². The zero-order chi connectivity index (χ0) is 11.4. The van der Waals surface area contributed by atoms with Crippen LogP contribution >= 0.6 is 0 Å². The van der Waals surface area contributed by atoms with Gasteiger partial charge in [-0.25, -0.2) is 4.79 Å². The van der Waals surface area contributed by atoms with Crippen LogP contribution in [0.4, 0.5) is 4.79 Å². The second-order valence-electron chi connectivity index (χ2n) is 4.00. The molecule has 2 amide bonds. The fourth-order valence-electron chi connectivity index (χ4n) is 1.98. The molecule has 84 valence electrons. The molecule has 0 aromatic rings. The molecule has 0 radical (unpaired) electrons. The van der Waals surface area contributed by atoms with E-state index in [0.29, 0.717) is 0 Å². The summed E-state index contributed by atoms with van der Waals surface area (Å²) < 4.78 is 0. The normalized spacial score (nSPS) is 22.6. The Morgan fingerprint density at radius 3 is 2.87 bits per heavy atom. The van der Waals surface area contributed by atoms with Crippen molar-refractivity contribution in [1.82, 2.24) is 4.90 Å². The molecule has 0 bridgehead atoms. The summed E-state index contributed by atoms with van der Waals surface area (Å²) in [6, 6.07) is -0.212. The van der Waals surface area contributed by atoms with Crippen molar-refractivity contribution in [3.05, 3.63) is 23.3 Å². The molecule has 1 atom stereocenters. The summed E-state index contributed by atoms with van der Waals surface area (Å²) in [5, 5.41) is 0. The number of allylic oxidation sites excluding steroid dienone is 1. The highest BCUT2D eigenvalue weighted by Gasteiger charge is 2.25. The van der Waals surface area contributed by atoms with Gasteiger partial charge in [0.2, 0.25) is 0 Å². The van der Waals surface area contributed by atoms with Crippen molar-refractivity contribution in [3.63, 3.8) is 0 Å². The van der Waals surface area contributed by atoms with Crippen LogP contribution in [0.3, 0.4) is 0 Å². The standard InChI is InChI=1S/C12H20N2O/c1-4-5-6-11-9(2)7-8-14(10(11)3)12(13)15/h5-6,10H,4,7-8H2,1-3H3,(H2,13,15)/b6-5-/t10-/m0/s1. The third-order valence-electron chi connectivity index (χ3n) is 2.95. The molecule has 0 unspecified atom stereocenters. The van der Waals surface area contributed by atoms with Crippen LogP contribution in [0.25, 0.3) is 0 Å². The monoisotopic (exact) mass is 208 g/mol. The summed E-state index contributed by atoms with van der Waals surface area (Å²) >= 11 is 0. The molecule has 0 aliphatic carbocycles. The van der Waals surface area contributed by atoms with Crippen molar-refractivity contribution in [2.75, 3.05) is 6.54 Å². The lowest BCUT2D eigenvalue weighted by Crippen LogP contribution is -2.45. The molecule has 0 fully saturated rings. The Morgan fingerprint density at radius 1 is 1.67 bits per heavy atom. The number of carbonyl (C=O) groups excluding carboxylic acids is 1. The molecule has 0 saturated carbocycles. The second-order valence-corrected chi connectivity index (χ2v) is 4.00. The topological polar surface area (TPSA) is 46.3 Å². The van der Waals surface area contributed by atoms with Gasteiger partial charge in [0.1, 0.15) is 0 Å². The van der Waals surface area contributed by atoms with Gasteiger partial charge in [-0.2, -0.15) is 0 Å². The van der Waals surface area contributed by atoms with Gasteiger partial charge in [0.25, 0.3) is 0 Å². The first kappa shape index (κ1) is 11.8. The molecule has 3 heteroatoms. The van der Waals surface area contributed by atoms with Crippen LogP contribution in [0.5, 0.6) is 0 Å². The van der Waals surface area contributed by atoms with Gasteiger partial charge < -0.3 is 10.6 Å². The zero-order valence-corrected chi connectivity index (χ0v) is 9.79. The summed E-state index contributed by atoms with van der Waals surface area (Å²) in [6.07, 6.45) is 6.19. The first-order valence-electron chi connectivity index (χ1n) is 5.50. The van der Waals surface area contributed by atoms with Crippen LogP contribution in [0.15, 0.2) is 23.3 Å². The van der Waals surface area contributed by atoms with E-state index >= 15 is 0 Å². The van der Waals surface area contributed by atoms with Crippen molar-refractivity contribution in [2.45, 2.75) is 39.7 Å². The average Bonchev–Trinajstić information content (AvgIpc) is 2.17. The molecule has 0 spiro atoms. The third-order valence-corrected chi connectivity index (χ3v) is 2.95. The first-order valence-corrected chi connectivity index (χ1v) is 5.50. The van der Waals surface area contributed by atoms with E-state index in [1.165, 1.54) is 11.1 Å². The Hall–Kier alpha value is -1.25. The third kappa shape index (κ3) is 2.61. The lowest BCUT2D eigenvalue weighted by atomic mass is 9.94. The molecule has 0 aromatic carbocycles. The van der Waals surface area contributed by atoms with E-state index in [2.05, 4.69) is 26.0 Å². The number of nitrogens with two attached hydrogens (primary N) is 1. The molecule has 0 saturated heterocycles. The lowest BCUT2D eigenvalue weighted by Gasteiger charge is -2.34. The van der Waals surface area contributed by atoms with Crippen LogP contribution in [-0.2, 0) is 0 Å². The highest BCUT2D eigenvalue weighted by Crippen LogP contribution is 2.24. The largest absolute Gasteiger partial charge is 0.351 e. The number of hydrogen-bond donors (Lipinski definition) is 1. The maximum absolute atomic E-state index is 11.2. The van der Waals surface area contributed by atoms with Crippen molar-refractivity contribution < 1.29 is 4.79 Å². The van der Waals surface area contributed by atoms with Crippen molar-refractivity contribution in [1.29, 1.82) is 0 Å². The first-order chi connectivity index (χ1) is 7.07. The number of rotatable bonds is 2. The van der Waals surface area contributed by atoms with E-state index in [-0.39, 0.29) is 12.1 Å². The highest BCUT2D eigenvalue weighted by molar-refractivity contribution is 5.73. The molecular weight excluding hydrogens is 188 g/mol. The van der Waals surface area contributed by atoms with Crippen LogP contribution in [-0.4, -0.2) is 23.5 Å². The fraction of sp³-hybridized carbons (Fsp3) is 0.583. The lowest BCUT2D eigenvalue weighted by molar-refractivity contribution is 0.194. The number of carbonyl (C=O) groups is 1. The van der Waals surface area contributed by atoms with E-state index in [0.717, 1.165) is 19.4 Å². The number of urea groups is 1. The summed E-state index contributed by atoms with van der Waals surface area (Å²) in [7, 11) is 0. The minimum Gasteiger partial charge on any atom is -0.351 e. The summed E-state index contributed by atoms with van der Waals surface area (Å²) in [5.41, 5.74) is 7.94. The molecule has 1 aliphatic heterocycles. The highest BCUT2D eigenvalue weighted by atomic mass is 16.2. The molecule has 0 aromatic heterocycles. The average molecular weight is 208 g/mol. The second kappa shape index (κ2) is 5.01. The molecular formula is C12H20N2O. The Labute approximate surface area is 91.6 Å². The van der Waals surface area contributed by atoms with Crippen molar-refractivity contribution >= 4 is 6.03 Å². The number of hydrogen-bond acceptors (Lipinski definition) is 1. The number of nitrogens with zero attached hydrogens (tertiary/aromatic N) is 1. The van der Waals surface area contributed by atoms with Gasteiger partial charge >= 0.3 is 6.03 Å². The van der Waals surface area contributed by atoms with E-state index < -0.39 is 0 Å². The predicted octanol–water partition coefficient (Wildman–Crippen LogP) is 2.44. The Balaban J connectivity index is 2.90. The van der Waals surface area contributed by atoms with Gasteiger partial charge in [-0.1, -0.05) is 24.6 Å². The Morgan fingerprint density at radius 2 is 2.33 bits per heavy atom. The Bertz CT molecular complexity index is 305. The maximum atomic E-state index is 11.2. The minimum absolute atomic E-state index is 0.110. The predicted molar refractivity (Wildman–Crippen MR) is 62.5 cm³/mol. The van der Waals surface area contributed by atoms with E-state index in [1.54, 1.807) is 4.90 Å². The smallest absolute Gasteiger partial charge is 0.315 e. The van der Waals surface area contributed by atoms with Gasteiger partial charge in [0.15, 0.2) is 0 Å². The maximum Gasteiger partial charge on any atom is 0.315 e. The molecule has 1 heterocycles. The molecule has 1 rings (SSSR count). The number of amides is 2. The molecule has 2 N–H and O–H groups in total. The van der Waals surface area contributed by atoms with Gasteiger partial charge in [0.05, 0.1) is 6.04 Å². The van der Waals surface area contributed by atoms with E-state index in [4.69, 9.17) is 5.73 Å². The van der Waals surface area contributed by atoms with Crippen LogP contribution < -0.4 is 5.73 Å². The summed E-state index contributed by atoms with van der Waals surface area (Å²) in [6.45, 7) is 7.00. The van der Waals surface area contributed by atoms with Crippen LogP contribution in [0.1, 0.15) is 33.6 Å². The molecule has 15 heavy (non-hydrogen) atoms. The Kier molecular flexibility index (Phi) is 3.95.